The predicted octanol–water partition coefficient (Wildman–Crippen LogP) is 2.70. The first-order valence-corrected chi connectivity index (χ1v) is 6.20. The fourth-order valence-corrected chi connectivity index (χ4v) is 1.92. The van der Waals surface area contributed by atoms with Gasteiger partial charge >= 0.3 is 5.97 Å². The molecule has 0 bridgehead atoms. The van der Waals surface area contributed by atoms with Crippen molar-refractivity contribution in [2.45, 2.75) is 6.61 Å². The van der Waals surface area contributed by atoms with E-state index < -0.39 is 5.97 Å². The third-order valence-corrected chi connectivity index (χ3v) is 2.86. The van der Waals surface area contributed by atoms with Crippen LogP contribution in [0.2, 0.25) is 0 Å². The highest BCUT2D eigenvalue weighted by atomic mass is 79.9. The van der Waals surface area contributed by atoms with E-state index in [1.165, 1.54) is 12.1 Å². The molecule has 0 unspecified atom stereocenters. The Labute approximate surface area is 118 Å². The molecule has 3 N–H and O–H groups in total. The van der Waals surface area contributed by atoms with Crippen LogP contribution in [0.25, 0.3) is 0 Å². The Balaban J connectivity index is 2.12. The van der Waals surface area contributed by atoms with Gasteiger partial charge in [-0.15, -0.1) is 0 Å². The van der Waals surface area contributed by atoms with Crippen molar-refractivity contribution in [2.75, 3.05) is 5.73 Å². The SMILES string of the molecule is Nc1ccc(OCc2cncc(Br)c2)cc1C(=O)O. The van der Waals surface area contributed by atoms with E-state index in [2.05, 4.69) is 20.9 Å². The lowest BCUT2D eigenvalue weighted by molar-refractivity contribution is 0.0697. The number of pyridine rings is 1. The van der Waals surface area contributed by atoms with Crippen molar-refractivity contribution in [3.05, 3.63) is 52.3 Å². The van der Waals surface area contributed by atoms with Crippen molar-refractivity contribution < 1.29 is 14.6 Å². The second kappa shape index (κ2) is 5.71. The summed E-state index contributed by atoms with van der Waals surface area (Å²) in [6.07, 6.45) is 3.36. The predicted molar refractivity (Wildman–Crippen MR) is 74.1 cm³/mol. The number of anilines is 1. The van der Waals surface area contributed by atoms with Crippen LogP contribution in [0.4, 0.5) is 5.69 Å². The topological polar surface area (TPSA) is 85.4 Å². The van der Waals surface area contributed by atoms with Crippen LogP contribution in [0.3, 0.4) is 0 Å². The number of nitrogens with zero attached hydrogens (tertiary/aromatic N) is 1. The highest BCUT2D eigenvalue weighted by Crippen LogP contribution is 2.21. The number of aromatic carboxylic acids is 1. The van der Waals surface area contributed by atoms with E-state index in [1.54, 1.807) is 18.5 Å². The van der Waals surface area contributed by atoms with Gasteiger partial charge in [0.1, 0.15) is 12.4 Å². The molecular formula is C13H11BrN2O3. The molecule has 1 aromatic heterocycles. The zero-order valence-corrected chi connectivity index (χ0v) is 11.4. The summed E-state index contributed by atoms with van der Waals surface area (Å²) in [6, 6.07) is 6.43. The first-order valence-electron chi connectivity index (χ1n) is 5.41. The molecule has 2 aromatic rings. The number of carboxylic acid groups (broad SMARTS) is 1. The molecular weight excluding hydrogens is 312 g/mol. The first kappa shape index (κ1) is 13.4. The molecule has 0 spiro atoms. The molecule has 0 fully saturated rings. The van der Waals surface area contributed by atoms with Gasteiger partial charge in [-0.25, -0.2) is 4.79 Å². The third kappa shape index (κ3) is 3.45. The molecule has 19 heavy (non-hydrogen) atoms. The van der Waals surface area contributed by atoms with Crippen LogP contribution in [0, 0.1) is 0 Å². The van der Waals surface area contributed by atoms with Gasteiger partial charge in [-0.05, 0) is 40.2 Å². The number of hydrogen-bond donors (Lipinski definition) is 2. The van der Waals surface area contributed by atoms with Crippen molar-refractivity contribution in [1.29, 1.82) is 0 Å². The molecule has 98 valence electrons. The van der Waals surface area contributed by atoms with Gasteiger partial charge in [-0.3, -0.25) is 4.98 Å². The average molecular weight is 323 g/mol. The molecule has 2 rings (SSSR count). The quantitative estimate of drug-likeness (QED) is 0.845. The van der Waals surface area contributed by atoms with Gasteiger partial charge in [0.2, 0.25) is 0 Å². The Kier molecular flexibility index (Phi) is 4.01. The van der Waals surface area contributed by atoms with Crippen molar-refractivity contribution >= 4 is 27.6 Å². The Bertz CT molecular complexity index is 617. The molecule has 0 aliphatic rings. The Morgan fingerprint density at radius 1 is 1.37 bits per heavy atom. The first-order chi connectivity index (χ1) is 9.06. The standard InChI is InChI=1S/C13H11BrN2O3/c14-9-3-8(5-16-6-9)7-19-10-1-2-12(15)11(4-10)13(17)18/h1-6H,7,15H2,(H,17,18). The smallest absolute Gasteiger partial charge is 0.337 e. The van der Waals surface area contributed by atoms with E-state index in [0.717, 1.165) is 10.0 Å². The number of aromatic nitrogens is 1. The van der Waals surface area contributed by atoms with Crippen LogP contribution in [0.5, 0.6) is 5.75 Å². The van der Waals surface area contributed by atoms with Crippen molar-refractivity contribution in [2.24, 2.45) is 0 Å². The maximum Gasteiger partial charge on any atom is 0.337 e. The van der Waals surface area contributed by atoms with Gasteiger partial charge in [-0.2, -0.15) is 0 Å². The highest BCUT2D eigenvalue weighted by molar-refractivity contribution is 9.10. The van der Waals surface area contributed by atoms with Crippen LogP contribution >= 0.6 is 15.9 Å². The molecule has 0 aliphatic heterocycles. The minimum absolute atomic E-state index is 0.0323. The summed E-state index contributed by atoms with van der Waals surface area (Å²) in [5.74, 6) is -0.626. The van der Waals surface area contributed by atoms with Crippen molar-refractivity contribution in [1.82, 2.24) is 4.98 Å². The minimum atomic E-state index is -1.08. The summed E-state index contributed by atoms with van der Waals surface area (Å²) < 4.78 is 6.37. The molecule has 0 aliphatic carbocycles. The van der Waals surface area contributed by atoms with E-state index in [-0.39, 0.29) is 11.3 Å². The lowest BCUT2D eigenvalue weighted by atomic mass is 10.2. The van der Waals surface area contributed by atoms with Gasteiger partial charge in [0.05, 0.1) is 5.56 Å². The molecule has 0 saturated heterocycles. The number of halogens is 1. The zero-order chi connectivity index (χ0) is 13.8. The van der Waals surface area contributed by atoms with E-state index in [4.69, 9.17) is 15.6 Å². The van der Waals surface area contributed by atoms with Crippen LogP contribution in [-0.4, -0.2) is 16.1 Å². The summed E-state index contributed by atoms with van der Waals surface area (Å²) in [5, 5.41) is 8.96. The normalized spacial score (nSPS) is 10.2. The van der Waals surface area contributed by atoms with E-state index in [9.17, 15) is 4.79 Å². The number of nitrogens with two attached hydrogens (primary N) is 1. The maximum absolute atomic E-state index is 10.9. The average Bonchev–Trinajstić information content (AvgIpc) is 2.37. The summed E-state index contributed by atoms with van der Waals surface area (Å²) in [5.41, 5.74) is 6.69. The third-order valence-electron chi connectivity index (χ3n) is 2.42. The monoisotopic (exact) mass is 322 g/mol. The number of ether oxygens (including phenoxy) is 1. The largest absolute Gasteiger partial charge is 0.489 e. The second-order valence-corrected chi connectivity index (χ2v) is 4.77. The van der Waals surface area contributed by atoms with Crippen LogP contribution in [0.1, 0.15) is 15.9 Å². The van der Waals surface area contributed by atoms with Gasteiger partial charge in [0.25, 0.3) is 0 Å². The number of hydrogen-bond acceptors (Lipinski definition) is 4. The van der Waals surface area contributed by atoms with Gasteiger partial charge in [0, 0.05) is 28.1 Å². The van der Waals surface area contributed by atoms with Crippen LogP contribution in [0.15, 0.2) is 41.1 Å². The zero-order valence-electron chi connectivity index (χ0n) is 9.84. The number of nitrogen functional groups attached to an aromatic ring is 1. The molecule has 0 saturated carbocycles. The minimum Gasteiger partial charge on any atom is -0.489 e. The maximum atomic E-state index is 10.9. The molecule has 0 atom stereocenters. The second-order valence-electron chi connectivity index (χ2n) is 3.85. The van der Waals surface area contributed by atoms with E-state index >= 15 is 0 Å². The Morgan fingerprint density at radius 2 is 2.16 bits per heavy atom. The number of rotatable bonds is 4. The fourth-order valence-electron chi connectivity index (χ4n) is 1.51. The van der Waals surface area contributed by atoms with Crippen LogP contribution in [-0.2, 0) is 6.61 Å². The summed E-state index contributed by atoms with van der Waals surface area (Å²) in [7, 11) is 0. The molecule has 1 aromatic carbocycles. The highest BCUT2D eigenvalue weighted by Gasteiger charge is 2.09. The van der Waals surface area contributed by atoms with Crippen molar-refractivity contribution in [3.8, 4) is 5.75 Å². The fraction of sp³-hybridized carbons (Fsp3) is 0.0769. The van der Waals surface area contributed by atoms with Crippen molar-refractivity contribution in [3.63, 3.8) is 0 Å². The lowest BCUT2D eigenvalue weighted by Crippen LogP contribution is -2.03. The van der Waals surface area contributed by atoms with Crippen LogP contribution < -0.4 is 10.5 Å². The van der Waals surface area contributed by atoms with E-state index in [1.807, 2.05) is 6.07 Å². The molecule has 0 radical (unpaired) electrons. The molecule has 5 nitrogen and oxygen atoms in total. The van der Waals surface area contributed by atoms with E-state index in [0.29, 0.717) is 12.4 Å². The summed E-state index contributed by atoms with van der Waals surface area (Å²) >= 11 is 3.32. The lowest BCUT2D eigenvalue weighted by Gasteiger charge is -2.08. The van der Waals surface area contributed by atoms with Gasteiger partial charge < -0.3 is 15.6 Å². The molecule has 0 amide bonds. The Hall–Kier alpha value is -2.08. The summed E-state index contributed by atoms with van der Waals surface area (Å²) in [4.78, 5) is 15.0. The van der Waals surface area contributed by atoms with Gasteiger partial charge in [-0.1, -0.05) is 0 Å². The van der Waals surface area contributed by atoms with Gasteiger partial charge in [0.15, 0.2) is 0 Å². The molecule has 1 heterocycles. The number of carbonyl (C=O) groups is 1. The Morgan fingerprint density at radius 3 is 2.84 bits per heavy atom. The molecule has 6 heteroatoms. The number of carboxylic acids is 1. The summed E-state index contributed by atoms with van der Waals surface area (Å²) in [6.45, 7) is 0.301. The number of benzene rings is 1.